The first kappa shape index (κ1) is 13.0. The van der Waals surface area contributed by atoms with Gasteiger partial charge in [0.15, 0.2) is 0 Å². The predicted octanol–water partition coefficient (Wildman–Crippen LogP) is 2.97. The third kappa shape index (κ3) is 4.52. The van der Waals surface area contributed by atoms with E-state index in [1.807, 2.05) is 0 Å². The summed E-state index contributed by atoms with van der Waals surface area (Å²) in [6.45, 7) is 7.69. The van der Waals surface area contributed by atoms with Gasteiger partial charge in [0.25, 0.3) is 0 Å². The molecule has 0 spiro atoms. The fraction of sp³-hybridized carbons (Fsp3) is 1.00. The summed E-state index contributed by atoms with van der Waals surface area (Å²) in [6, 6.07) is 0.681. The van der Waals surface area contributed by atoms with Gasteiger partial charge in [-0.15, -0.1) is 0 Å². The SMILES string of the molecule is COC(C)(C)CCN[C@H](C)C1CCCC1. The maximum atomic E-state index is 5.40. The van der Waals surface area contributed by atoms with E-state index in [0.717, 1.165) is 18.9 Å². The van der Waals surface area contributed by atoms with Crippen LogP contribution >= 0.6 is 0 Å². The Labute approximate surface area is 94.8 Å². The Kier molecular flexibility index (Phi) is 5.07. The van der Waals surface area contributed by atoms with E-state index in [1.165, 1.54) is 25.7 Å². The van der Waals surface area contributed by atoms with Gasteiger partial charge in [-0.2, -0.15) is 0 Å². The molecular formula is C13H27NO. The fourth-order valence-corrected chi connectivity index (χ4v) is 2.33. The first-order valence-corrected chi connectivity index (χ1v) is 6.34. The second-order valence-corrected chi connectivity index (χ2v) is 5.50. The van der Waals surface area contributed by atoms with Crippen LogP contribution in [0.2, 0.25) is 0 Å². The lowest BCUT2D eigenvalue weighted by Gasteiger charge is -2.26. The van der Waals surface area contributed by atoms with E-state index in [0.29, 0.717) is 6.04 Å². The van der Waals surface area contributed by atoms with Gasteiger partial charge in [-0.1, -0.05) is 12.8 Å². The fourth-order valence-electron chi connectivity index (χ4n) is 2.33. The molecule has 0 aromatic carbocycles. The molecule has 1 aliphatic carbocycles. The lowest BCUT2D eigenvalue weighted by molar-refractivity contribution is 0.0151. The summed E-state index contributed by atoms with van der Waals surface area (Å²) in [5, 5.41) is 3.63. The quantitative estimate of drug-likeness (QED) is 0.732. The van der Waals surface area contributed by atoms with Crippen molar-refractivity contribution in [1.82, 2.24) is 5.32 Å². The maximum absolute atomic E-state index is 5.40. The molecular weight excluding hydrogens is 186 g/mol. The van der Waals surface area contributed by atoms with Crippen molar-refractivity contribution in [2.75, 3.05) is 13.7 Å². The van der Waals surface area contributed by atoms with Crippen molar-refractivity contribution >= 4 is 0 Å². The Morgan fingerprint density at radius 3 is 2.47 bits per heavy atom. The second-order valence-electron chi connectivity index (χ2n) is 5.50. The summed E-state index contributed by atoms with van der Waals surface area (Å²) in [7, 11) is 1.79. The molecule has 0 aromatic heterocycles. The minimum atomic E-state index is 0.0163. The molecule has 2 nitrogen and oxygen atoms in total. The van der Waals surface area contributed by atoms with E-state index in [1.54, 1.807) is 7.11 Å². The lowest BCUT2D eigenvalue weighted by atomic mass is 9.99. The Bertz CT molecular complexity index is 173. The normalized spacial score (nSPS) is 20.8. The van der Waals surface area contributed by atoms with Crippen molar-refractivity contribution in [3.63, 3.8) is 0 Å². The van der Waals surface area contributed by atoms with Gasteiger partial charge in [0, 0.05) is 13.2 Å². The van der Waals surface area contributed by atoms with Crippen molar-refractivity contribution in [2.45, 2.75) is 64.5 Å². The largest absolute Gasteiger partial charge is 0.379 e. The molecule has 1 rings (SSSR count). The van der Waals surface area contributed by atoms with Crippen LogP contribution in [0.1, 0.15) is 52.9 Å². The van der Waals surface area contributed by atoms with E-state index in [4.69, 9.17) is 4.74 Å². The van der Waals surface area contributed by atoms with Crippen LogP contribution in [-0.4, -0.2) is 25.3 Å². The second kappa shape index (κ2) is 5.86. The molecule has 1 aliphatic rings. The number of methoxy groups -OCH3 is 1. The van der Waals surface area contributed by atoms with Gasteiger partial charge >= 0.3 is 0 Å². The van der Waals surface area contributed by atoms with Gasteiger partial charge in [-0.05, 0) is 52.5 Å². The first-order chi connectivity index (χ1) is 7.05. The third-order valence-electron chi connectivity index (χ3n) is 3.85. The summed E-state index contributed by atoms with van der Waals surface area (Å²) in [6.07, 6.45) is 6.78. The van der Waals surface area contributed by atoms with Gasteiger partial charge in [0.2, 0.25) is 0 Å². The lowest BCUT2D eigenvalue weighted by Crippen LogP contribution is -2.36. The van der Waals surface area contributed by atoms with E-state index < -0.39 is 0 Å². The molecule has 1 N–H and O–H groups in total. The van der Waals surface area contributed by atoms with Gasteiger partial charge in [-0.25, -0.2) is 0 Å². The summed E-state index contributed by atoms with van der Waals surface area (Å²) in [4.78, 5) is 0. The Hall–Kier alpha value is -0.0800. The molecule has 1 fully saturated rings. The monoisotopic (exact) mass is 213 g/mol. The van der Waals surface area contributed by atoms with E-state index in [2.05, 4.69) is 26.1 Å². The number of ether oxygens (including phenoxy) is 1. The van der Waals surface area contributed by atoms with Gasteiger partial charge < -0.3 is 10.1 Å². The van der Waals surface area contributed by atoms with Crippen molar-refractivity contribution in [2.24, 2.45) is 5.92 Å². The van der Waals surface area contributed by atoms with Crippen LogP contribution in [-0.2, 0) is 4.74 Å². The standard InChI is InChI=1S/C13H27NO/c1-11(12-7-5-6-8-12)14-10-9-13(2,3)15-4/h11-12,14H,5-10H2,1-4H3/t11-/m1/s1. The van der Waals surface area contributed by atoms with Crippen LogP contribution in [0.4, 0.5) is 0 Å². The highest BCUT2D eigenvalue weighted by Gasteiger charge is 2.22. The van der Waals surface area contributed by atoms with Crippen LogP contribution in [0.5, 0.6) is 0 Å². The van der Waals surface area contributed by atoms with E-state index in [9.17, 15) is 0 Å². The Morgan fingerprint density at radius 2 is 1.93 bits per heavy atom. The zero-order valence-corrected chi connectivity index (χ0v) is 10.8. The Morgan fingerprint density at radius 1 is 1.33 bits per heavy atom. The molecule has 1 saturated carbocycles. The molecule has 0 aliphatic heterocycles. The third-order valence-corrected chi connectivity index (χ3v) is 3.85. The predicted molar refractivity (Wildman–Crippen MR) is 65.1 cm³/mol. The highest BCUT2D eigenvalue weighted by atomic mass is 16.5. The summed E-state index contributed by atoms with van der Waals surface area (Å²) < 4.78 is 5.40. The molecule has 0 aromatic rings. The van der Waals surface area contributed by atoms with Gasteiger partial charge in [0.05, 0.1) is 5.60 Å². The molecule has 90 valence electrons. The molecule has 2 heteroatoms. The minimum Gasteiger partial charge on any atom is -0.379 e. The first-order valence-electron chi connectivity index (χ1n) is 6.34. The maximum Gasteiger partial charge on any atom is 0.0634 e. The topological polar surface area (TPSA) is 21.3 Å². The van der Waals surface area contributed by atoms with Crippen molar-refractivity contribution in [1.29, 1.82) is 0 Å². The van der Waals surface area contributed by atoms with Crippen molar-refractivity contribution in [3.05, 3.63) is 0 Å². The molecule has 0 amide bonds. The summed E-state index contributed by atoms with van der Waals surface area (Å²) in [5.41, 5.74) is 0.0163. The molecule has 0 saturated heterocycles. The molecule has 0 heterocycles. The van der Waals surface area contributed by atoms with Gasteiger partial charge in [-0.3, -0.25) is 0 Å². The van der Waals surface area contributed by atoms with Crippen LogP contribution in [0.3, 0.4) is 0 Å². The summed E-state index contributed by atoms with van der Waals surface area (Å²) in [5.74, 6) is 0.913. The number of rotatable bonds is 6. The molecule has 0 bridgehead atoms. The molecule has 0 unspecified atom stereocenters. The van der Waals surface area contributed by atoms with Crippen LogP contribution < -0.4 is 5.32 Å². The number of nitrogens with one attached hydrogen (secondary N) is 1. The van der Waals surface area contributed by atoms with E-state index >= 15 is 0 Å². The average Bonchev–Trinajstić information content (AvgIpc) is 2.70. The smallest absolute Gasteiger partial charge is 0.0634 e. The minimum absolute atomic E-state index is 0.0163. The number of hydrogen-bond acceptors (Lipinski definition) is 2. The van der Waals surface area contributed by atoms with Crippen molar-refractivity contribution in [3.8, 4) is 0 Å². The highest BCUT2D eigenvalue weighted by molar-refractivity contribution is 4.78. The zero-order valence-electron chi connectivity index (χ0n) is 10.8. The summed E-state index contributed by atoms with van der Waals surface area (Å²) >= 11 is 0. The van der Waals surface area contributed by atoms with Crippen molar-refractivity contribution < 1.29 is 4.74 Å². The van der Waals surface area contributed by atoms with Gasteiger partial charge in [0.1, 0.15) is 0 Å². The molecule has 0 radical (unpaired) electrons. The van der Waals surface area contributed by atoms with Crippen LogP contribution in [0.15, 0.2) is 0 Å². The zero-order chi connectivity index (χ0) is 11.3. The molecule has 1 atom stereocenters. The highest BCUT2D eigenvalue weighted by Crippen LogP contribution is 2.27. The Balaban J connectivity index is 2.13. The van der Waals surface area contributed by atoms with Crippen LogP contribution in [0.25, 0.3) is 0 Å². The molecule has 15 heavy (non-hydrogen) atoms. The number of hydrogen-bond donors (Lipinski definition) is 1. The average molecular weight is 213 g/mol. The van der Waals surface area contributed by atoms with E-state index in [-0.39, 0.29) is 5.60 Å². The van der Waals surface area contributed by atoms with Crippen LogP contribution in [0, 0.1) is 5.92 Å².